The number of amides is 1. The van der Waals surface area contributed by atoms with Gasteiger partial charge >= 0.3 is 5.91 Å². The van der Waals surface area contributed by atoms with E-state index in [1.807, 2.05) is 30.6 Å². The number of halogens is 1. The van der Waals surface area contributed by atoms with Crippen molar-refractivity contribution in [2.45, 2.75) is 13.0 Å². The predicted octanol–water partition coefficient (Wildman–Crippen LogP) is -3.13. The van der Waals surface area contributed by atoms with Gasteiger partial charge in [-0.1, -0.05) is 6.07 Å². The Kier molecular flexibility index (Phi) is 5.59. The van der Waals surface area contributed by atoms with Gasteiger partial charge in [-0.3, -0.25) is 4.79 Å². The van der Waals surface area contributed by atoms with E-state index in [9.17, 15) is 4.79 Å². The monoisotopic (exact) mass is 255 g/mol. The lowest BCUT2D eigenvalue weighted by Crippen LogP contribution is -3.00. The summed E-state index contributed by atoms with van der Waals surface area (Å²) in [5, 5.41) is 4.00. The van der Waals surface area contributed by atoms with E-state index in [4.69, 9.17) is 4.74 Å². The molecule has 0 aliphatic carbocycles. The molecule has 1 saturated heterocycles. The first-order chi connectivity index (χ1) is 7.84. The van der Waals surface area contributed by atoms with Crippen LogP contribution >= 0.6 is 0 Å². The van der Waals surface area contributed by atoms with E-state index in [0.29, 0.717) is 13.2 Å². The van der Waals surface area contributed by atoms with E-state index in [1.54, 1.807) is 4.57 Å². The first-order valence-electron chi connectivity index (χ1n) is 5.21. The quantitative estimate of drug-likeness (QED) is 0.459. The molecule has 1 N–H and O–H groups in total. The first-order valence-corrected chi connectivity index (χ1v) is 5.21. The summed E-state index contributed by atoms with van der Waals surface area (Å²) < 4.78 is 6.91. The van der Waals surface area contributed by atoms with E-state index in [1.165, 1.54) is 0 Å². The summed E-state index contributed by atoms with van der Waals surface area (Å²) in [4.78, 5) is 11.5. The van der Waals surface area contributed by atoms with Gasteiger partial charge in [0.25, 0.3) is 0 Å². The third kappa shape index (κ3) is 4.50. The molecule has 0 atom stereocenters. The predicted molar refractivity (Wildman–Crippen MR) is 57.7 cm³/mol. The van der Waals surface area contributed by atoms with Gasteiger partial charge < -0.3 is 17.1 Å². The zero-order chi connectivity index (χ0) is 11.2. The van der Waals surface area contributed by atoms with E-state index in [0.717, 1.165) is 12.1 Å². The highest BCUT2D eigenvalue weighted by Crippen LogP contribution is 1.97. The number of pyridine rings is 1. The van der Waals surface area contributed by atoms with Crippen LogP contribution in [0.2, 0.25) is 0 Å². The van der Waals surface area contributed by atoms with Crippen molar-refractivity contribution in [1.29, 1.82) is 0 Å². The normalized spacial score (nSPS) is 16.6. The molecule has 1 amide bonds. The van der Waals surface area contributed by atoms with Gasteiger partial charge in [0.2, 0.25) is 6.54 Å². The lowest BCUT2D eigenvalue weighted by atomic mass is 10.3. The fraction of sp³-hybridized carbons (Fsp3) is 0.364. The number of aromatic nitrogens is 1. The van der Waals surface area contributed by atoms with Crippen LogP contribution in [0.4, 0.5) is 0 Å². The summed E-state index contributed by atoms with van der Waals surface area (Å²) in [6, 6.07) is 5.67. The van der Waals surface area contributed by atoms with Crippen molar-refractivity contribution < 1.29 is 26.5 Å². The van der Waals surface area contributed by atoms with Crippen LogP contribution in [0, 0.1) is 0 Å². The van der Waals surface area contributed by atoms with Crippen LogP contribution in [-0.2, 0) is 16.1 Å². The number of nitrogens with one attached hydrogen (secondary N) is 1. The minimum atomic E-state index is -0.129. The second-order valence-electron chi connectivity index (χ2n) is 3.56. The number of hydrazone groups is 1. The van der Waals surface area contributed by atoms with E-state index < -0.39 is 0 Å². The molecule has 1 fully saturated rings. The topological polar surface area (TPSA) is 54.6 Å². The highest BCUT2D eigenvalue weighted by molar-refractivity contribution is 5.88. The minimum Gasteiger partial charge on any atom is -1.00 e. The van der Waals surface area contributed by atoms with Gasteiger partial charge in [0.05, 0.1) is 18.9 Å². The zero-order valence-electron chi connectivity index (χ0n) is 9.30. The highest BCUT2D eigenvalue weighted by atomic mass is 35.5. The lowest BCUT2D eigenvalue weighted by molar-refractivity contribution is -0.684. The van der Waals surface area contributed by atoms with Gasteiger partial charge in [-0.25, -0.2) is 5.43 Å². The standard InChI is InChI=1S/C11H13N3O2.ClH/c15-11(8-14-5-2-1-3-6-14)13-12-10-4-7-16-9-10;/h1-3,5-6H,4,7-9H2;1H/b12-10+;. The molecular formula is C11H14ClN3O2. The maximum Gasteiger partial charge on any atom is 0.305 e. The van der Waals surface area contributed by atoms with Crippen LogP contribution in [0.15, 0.2) is 35.7 Å². The average molecular weight is 256 g/mol. The molecule has 2 heterocycles. The van der Waals surface area contributed by atoms with Crippen LogP contribution in [0.25, 0.3) is 0 Å². The zero-order valence-corrected chi connectivity index (χ0v) is 10.1. The molecule has 17 heavy (non-hydrogen) atoms. The average Bonchev–Trinajstić information content (AvgIpc) is 2.81. The van der Waals surface area contributed by atoms with Crippen LogP contribution in [0.3, 0.4) is 0 Å². The smallest absolute Gasteiger partial charge is 0.305 e. The molecule has 92 valence electrons. The van der Waals surface area contributed by atoms with Crippen LogP contribution < -0.4 is 22.4 Å². The van der Waals surface area contributed by atoms with Crippen molar-refractivity contribution in [1.82, 2.24) is 5.43 Å². The Bertz CT molecular complexity index is 387. The lowest BCUT2D eigenvalue weighted by Gasteiger charge is -1.97. The summed E-state index contributed by atoms with van der Waals surface area (Å²) in [5.74, 6) is -0.129. The summed E-state index contributed by atoms with van der Waals surface area (Å²) in [5.41, 5.74) is 3.42. The molecule has 0 saturated carbocycles. The van der Waals surface area contributed by atoms with Crippen molar-refractivity contribution in [3.05, 3.63) is 30.6 Å². The number of hydrogen-bond acceptors (Lipinski definition) is 3. The van der Waals surface area contributed by atoms with Gasteiger partial charge in [-0.15, -0.1) is 0 Å². The van der Waals surface area contributed by atoms with Gasteiger partial charge in [-0.2, -0.15) is 9.67 Å². The molecule has 0 bridgehead atoms. The summed E-state index contributed by atoms with van der Waals surface area (Å²) >= 11 is 0. The number of rotatable bonds is 3. The first kappa shape index (κ1) is 13.6. The molecule has 5 nitrogen and oxygen atoms in total. The third-order valence-corrected chi connectivity index (χ3v) is 2.25. The molecule has 0 radical (unpaired) electrons. The van der Waals surface area contributed by atoms with Crippen molar-refractivity contribution in [2.24, 2.45) is 5.10 Å². The van der Waals surface area contributed by atoms with Crippen molar-refractivity contribution in [2.75, 3.05) is 13.2 Å². The van der Waals surface area contributed by atoms with Crippen LogP contribution in [0.5, 0.6) is 0 Å². The van der Waals surface area contributed by atoms with Crippen LogP contribution in [-0.4, -0.2) is 24.8 Å². The Balaban J connectivity index is 0.00000144. The number of hydrogen-bond donors (Lipinski definition) is 1. The van der Waals surface area contributed by atoms with E-state index >= 15 is 0 Å². The van der Waals surface area contributed by atoms with E-state index in [-0.39, 0.29) is 24.9 Å². The Labute approximate surface area is 106 Å². The number of carbonyl (C=O) groups excluding carboxylic acids is 1. The Morgan fingerprint density at radius 2 is 2.18 bits per heavy atom. The fourth-order valence-electron chi connectivity index (χ4n) is 1.42. The molecule has 6 heteroatoms. The minimum absolute atomic E-state index is 0. The summed E-state index contributed by atoms with van der Waals surface area (Å²) in [7, 11) is 0. The highest BCUT2D eigenvalue weighted by Gasteiger charge is 2.11. The Morgan fingerprint density at radius 1 is 1.41 bits per heavy atom. The fourth-order valence-corrected chi connectivity index (χ4v) is 1.42. The molecule has 1 aromatic rings. The largest absolute Gasteiger partial charge is 1.00 e. The molecule has 0 unspecified atom stereocenters. The maximum absolute atomic E-state index is 11.5. The van der Waals surface area contributed by atoms with Gasteiger partial charge in [0.1, 0.15) is 0 Å². The van der Waals surface area contributed by atoms with E-state index in [2.05, 4.69) is 10.5 Å². The van der Waals surface area contributed by atoms with Gasteiger partial charge in [0.15, 0.2) is 12.4 Å². The number of nitrogens with zero attached hydrogens (tertiary/aromatic N) is 2. The van der Waals surface area contributed by atoms with Crippen molar-refractivity contribution in [3.63, 3.8) is 0 Å². The second kappa shape index (κ2) is 6.98. The number of carbonyl (C=O) groups is 1. The Hall–Kier alpha value is -1.46. The second-order valence-corrected chi connectivity index (χ2v) is 3.56. The third-order valence-electron chi connectivity index (χ3n) is 2.25. The molecule has 0 aromatic carbocycles. The van der Waals surface area contributed by atoms with Gasteiger partial charge in [0, 0.05) is 18.6 Å². The van der Waals surface area contributed by atoms with Gasteiger partial charge in [-0.05, 0) is 0 Å². The summed E-state index contributed by atoms with van der Waals surface area (Å²) in [6.45, 7) is 1.50. The SMILES string of the molecule is O=C(C[n+]1ccccc1)N/N=C1\CCOC1.[Cl-]. The van der Waals surface area contributed by atoms with Crippen molar-refractivity contribution >= 4 is 11.6 Å². The molecule has 0 spiro atoms. The molecule has 2 rings (SSSR count). The maximum atomic E-state index is 11.5. The number of ether oxygens (including phenoxy) is 1. The molecule has 1 aliphatic heterocycles. The van der Waals surface area contributed by atoms with Crippen molar-refractivity contribution in [3.8, 4) is 0 Å². The molecule has 1 aromatic heterocycles. The summed E-state index contributed by atoms with van der Waals surface area (Å²) in [6.07, 6.45) is 4.48. The Morgan fingerprint density at radius 3 is 2.82 bits per heavy atom. The van der Waals surface area contributed by atoms with Crippen LogP contribution in [0.1, 0.15) is 6.42 Å². The molecular weight excluding hydrogens is 242 g/mol. The molecule has 1 aliphatic rings.